The number of sulfonamides is 1. The number of esters is 1. The second-order valence-electron chi connectivity index (χ2n) is 6.90. The zero-order chi connectivity index (χ0) is 20.7. The fourth-order valence-corrected chi connectivity index (χ4v) is 5.21. The van der Waals surface area contributed by atoms with Crippen LogP contribution in [0.3, 0.4) is 0 Å². The second-order valence-corrected chi connectivity index (χ2v) is 9.97. The van der Waals surface area contributed by atoms with Gasteiger partial charge in [-0.25, -0.2) is 18.4 Å². The van der Waals surface area contributed by atoms with Crippen LogP contribution in [-0.4, -0.2) is 53.9 Å². The molecular formula is C17H21N3O6S2. The summed E-state index contributed by atoms with van der Waals surface area (Å²) >= 11 is 1.54. The summed E-state index contributed by atoms with van der Waals surface area (Å²) in [7, 11) is -3.82. The minimum absolute atomic E-state index is 0.0814. The fraction of sp³-hybridized carbons (Fsp3) is 0.471. The molecule has 3 atom stereocenters. The second kappa shape index (κ2) is 7.37. The third-order valence-electron chi connectivity index (χ3n) is 4.83. The number of hydrogen-bond acceptors (Lipinski definition) is 7. The molecule has 11 heteroatoms. The molecule has 1 aromatic rings. The van der Waals surface area contributed by atoms with Crippen molar-refractivity contribution in [1.82, 2.24) is 4.90 Å². The van der Waals surface area contributed by atoms with E-state index in [1.165, 1.54) is 31.2 Å². The fourth-order valence-electron chi connectivity index (χ4n) is 3.27. The molecule has 152 valence electrons. The number of hydrogen-bond donors (Lipinski definition) is 2. The van der Waals surface area contributed by atoms with Crippen molar-refractivity contribution >= 4 is 45.3 Å². The van der Waals surface area contributed by atoms with E-state index >= 15 is 0 Å². The van der Waals surface area contributed by atoms with Crippen LogP contribution < -0.4 is 10.5 Å². The molecule has 2 fully saturated rings. The monoisotopic (exact) mass is 427 g/mol. The molecule has 3 rings (SSSR count). The van der Waals surface area contributed by atoms with E-state index in [0.29, 0.717) is 24.3 Å². The van der Waals surface area contributed by atoms with Crippen molar-refractivity contribution in [3.05, 3.63) is 24.3 Å². The Balaban J connectivity index is 1.60. The summed E-state index contributed by atoms with van der Waals surface area (Å²) in [6.07, 6.45) is 0.00263. The van der Waals surface area contributed by atoms with Gasteiger partial charge in [-0.05, 0) is 44.5 Å². The summed E-state index contributed by atoms with van der Waals surface area (Å²) in [5.41, 5.74) is 0.332. The molecule has 0 bridgehead atoms. The summed E-state index contributed by atoms with van der Waals surface area (Å²) in [6.45, 7) is 3.36. The van der Waals surface area contributed by atoms with Crippen LogP contribution in [0.1, 0.15) is 26.7 Å². The Bertz CT molecular complexity index is 917. The normalized spacial score (nSPS) is 25.3. The van der Waals surface area contributed by atoms with E-state index in [1.807, 2.05) is 6.92 Å². The maximum absolute atomic E-state index is 12.5. The van der Waals surface area contributed by atoms with Crippen LogP contribution in [0.25, 0.3) is 0 Å². The van der Waals surface area contributed by atoms with Crippen molar-refractivity contribution in [2.24, 2.45) is 5.14 Å². The maximum atomic E-state index is 12.5. The van der Waals surface area contributed by atoms with Gasteiger partial charge in [-0.3, -0.25) is 9.59 Å². The van der Waals surface area contributed by atoms with Gasteiger partial charge in [0.15, 0.2) is 6.10 Å². The number of nitrogens with one attached hydrogen (secondary N) is 1. The molecule has 2 heterocycles. The smallest absolute Gasteiger partial charge is 0.330 e. The lowest BCUT2D eigenvalue weighted by atomic mass is 10.2. The number of thioether (sulfide) groups is 1. The van der Waals surface area contributed by atoms with Crippen molar-refractivity contribution in [2.45, 2.75) is 48.6 Å². The van der Waals surface area contributed by atoms with Gasteiger partial charge < -0.3 is 15.0 Å². The van der Waals surface area contributed by atoms with Gasteiger partial charge >= 0.3 is 5.97 Å². The Kier molecular flexibility index (Phi) is 5.43. The van der Waals surface area contributed by atoms with Crippen molar-refractivity contribution in [3.63, 3.8) is 0 Å². The Morgan fingerprint density at radius 1 is 1.36 bits per heavy atom. The van der Waals surface area contributed by atoms with Crippen LogP contribution in [0, 0.1) is 0 Å². The van der Waals surface area contributed by atoms with Gasteiger partial charge in [0.1, 0.15) is 6.04 Å². The Morgan fingerprint density at radius 3 is 2.61 bits per heavy atom. The number of benzene rings is 1. The highest BCUT2D eigenvalue weighted by molar-refractivity contribution is 8.01. The van der Waals surface area contributed by atoms with Crippen LogP contribution in [0.5, 0.6) is 0 Å². The van der Waals surface area contributed by atoms with Gasteiger partial charge in [0.2, 0.25) is 15.9 Å². The van der Waals surface area contributed by atoms with Crippen LogP contribution in [0.2, 0.25) is 0 Å². The first-order valence-electron chi connectivity index (χ1n) is 8.61. The number of primary sulfonamides is 1. The predicted molar refractivity (Wildman–Crippen MR) is 103 cm³/mol. The zero-order valence-corrected chi connectivity index (χ0v) is 17.0. The molecule has 0 spiro atoms. The number of fused-ring (bicyclic) bond motifs is 1. The topological polar surface area (TPSA) is 136 Å². The third kappa shape index (κ3) is 4.01. The molecule has 3 unspecified atom stereocenters. The minimum atomic E-state index is -3.82. The molecule has 9 nitrogen and oxygen atoms in total. The first kappa shape index (κ1) is 20.6. The molecule has 3 N–H and O–H groups in total. The SMILES string of the molecule is CC(OC(=O)C1CSC2(C)CCC(=O)N12)C(=O)Nc1ccc(S(N)(=O)=O)cc1. The lowest BCUT2D eigenvalue weighted by Crippen LogP contribution is -2.48. The summed E-state index contributed by atoms with van der Waals surface area (Å²) < 4.78 is 27.8. The van der Waals surface area contributed by atoms with Gasteiger partial charge in [0.05, 0.1) is 9.77 Å². The van der Waals surface area contributed by atoms with Crippen molar-refractivity contribution in [2.75, 3.05) is 11.1 Å². The molecule has 0 radical (unpaired) electrons. The van der Waals surface area contributed by atoms with E-state index in [0.717, 1.165) is 0 Å². The lowest BCUT2D eigenvalue weighted by molar-refractivity contribution is -0.160. The highest BCUT2D eigenvalue weighted by Crippen LogP contribution is 2.47. The number of ether oxygens (including phenoxy) is 1. The van der Waals surface area contributed by atoms with Gasteiger partial charge in [-0.15, -0.1) is 11.8 Å². The summed E-state index contributed by atoms with van der Waals surface area (Å²) in [5.74, 6) is -0.831. The third-order valence-corrected chi connectivity index (χ3v) is 7.26. The van der Waals surface area contributed by atoms with E-state index in [4.69, 9.17) is 9.88 Å². The highest BCUT2D eigenvalue weighted by atomic mass is 32.2. The standard InChI is InChI=1S/C17H21N3O6S2/c1-10(15(22)19-11-3-5-12(6-4-11)28(18,24)25)26-16(23)13-9-27-17(2)8-7-14(21)20(13)17/h3-6,10,13H,7-9H2,1-2H3,(H,19,22)(H2,18,24,25). The lowest BCUT2D eigenvalue weighted by Gasteiger charge is -2.29. The number of carbonyl (C=O) groups is 3. The largest absolute Gasteiger partial charge is 0.451 e. The van der Waals surface area contributed by atoms with E-state index in [9.17, 15) is 22.8 Å². The van der Waals surface area contributed by atoms with Gasteiger partial charge in [-0.1, -0.05) is 0 Å². The van der Waals surface area contributed by atoms with Crippen LogP contribution in [-0.2, 0) is 29.1 Å². The summed E-state index contributed by atoms with van der Waals surface area (Å²) in [5, 5.41) is 7.57. The molecule has 28 heavy (non-hydrogen) atoms. The molecule has 2 aliphatic heterocycles. The van der Waals surface area contributed by atoms with Crippen LogP contribution >= 0.6 is 11.8 Å². The summed E-state index contributed by atoms with van der Waals surface area (Å²) in [6, 6.07) is 4.59. The zero-order valence-electron chi connectivity index (χ0n) is 15.4. The van der Waals surface area contributed by atoms with Crippen LogP contribution in [0.15, 0.2) is 29.2 Å². The average molecular weight is 428 g/mol. The van der Waals surface area contributed by atoms with Crippen molar-refractivity contribution < 1.29 is 27.5 Å². The molecule has 2 aliphatic rings. The van der Waals surface area contributed by atoms with E-state index in [1.54, 1.807) is 16.7 Å². The van der Waals surface area contributed by atoms with Gasteiger partial charge in [0.25, 0.3) is 5.91 Å². The molecule has 2 saturated heterocycles. The first-order chi connectivity index (χ1) is 13.0. The number of nitrogens with zero attached hydrogens (tertiary/aromatic N) is 1. The highest BCUT2D eigenvalue weighted by Gasteiger charge is 2.53. The molecule has 1 aromatic carbocycles. The molecule has 2 amide bonds. The van der Waals surface area contributed by atoms with Crippen LogP contribution in [0.4, 0.5) is 5.69 Å². The molecule has 0 aromatic heterocycles. The number of anilines is 1. The number of nitrogens with two attached hydrogens (primary N) is 1. The number of amides is 2. The maximum Gasteiger partial charge on any atom is 0.330 e. The predicted octanol–water partition coefficient (Wildman–Crippen LogP) is 0.658. The quantitative estimate of drug-likeness (QED) is 0.659. The van der Waals surface area contributed by atoms with Gasteiger partial charge in [0, 0.05) is 17.9 Å². The Labute approximate surface area is 167 Å². The first-order valence-corrected chi connectivity index (χ1v) is 11.1. The number of carbonyl (C=O) groups excluding carboxylic acids is 3. The molecule has 0 aliphatic carbocycles. The molecular weight excluding hydrogens is 406 g/mol. The van der Waals surface area contributed by atoms with Crippen molar-refractivity contribution in [1.29, 1.82) is 0 Å². The van der Waals surface area contributed by atoms with E-state index in [2.05, 4.69) is 5.32 Å². The van der Waals surface area contributed by atoms with Crippen molar-refractivity contribution in [3.8, 4) is 0 Å². The summed E-state index contributed by atoms with van der Waals surface area (Å²) in [4.78, 5) is 38.0. The van der Waals surface area contributed by atoms with Gasteiger partial charge in [-0.2, -0.15) is 0 Å². The number of rotatable bonds is 5. The molecule has 0 saturated carbocycles. The average Bonchev–Trinajstić information content (AvgIpc) is 3.10. The van der Waals surface area contributed by atoms with E-state index < -0.39 is 38.9 Å². The minimum Gasteiger partial charge on any atom is -0.451 e. The Morgan fingerprint density at radius 2 is 2.00 bits per heavy atom. The van der Waals surface area contributed by atoms with E-state index in [-0.39, 0.29) is 10.8 Å². The Hall–Kier alpha value is -2.11.